The lowest BCUT2D eigenvalue weighted by Gasteiger charge is -2.17. The van der Waals surface area contributed by atoms with Gasteiger partial charge < -0.3 is 0 Å². The summed E-state index contributed by atoms with van der Waals surface area (Å²) in [7, 11) is 0. The lowest BCUT2D eigenvalue weighted by atomic mass is 9.87. The molecule has 8 aromatic rings. The van der Waals surface area contributed by atoms with Gasteiger partial charge in [-0.3, -0.25) is 0 Å². The number of halogens is 2. The van der Waals surface area contributed by atoms with Crippen molar-refractivity contribution in [3.8, 4) is 11.1 Å². The summed E-state index contributed by atoms with van der Waals surface area (Å²) < 4.78 is 2.27. The number of rotatable bonds is 1. The predicted octanol–water partition coefficient (Wildman–Crippen LogP) is 11.8. The van der Waals surface area contributed by atoms with Crippen molar-refractivity contribution in [1.82, 2.24) is 0 Å². The standard InChI is InChI=1S/C36H20Br2/c37-35-28-15-7-8-16-29(28)36(38)33-19-21(17-18-30(33)35)31-20-32-24-11-2-1-9-22(24)23-10-3-5-13-26(23)34(32)27-14-6-4-12-25(27)31/h1-20H. The van der Waals surface area contributed by atoms with Crippen LogP contribution in [0.3, 0.4) is 0 Å². The molecule has 0 spiro atoms. The van der Waals surface area contributed by atoms with E-state index in [0.717, 1.165) is 8.95 Å². The molecular weight excluding hydrogens is 592 g/mol. The molecule has 0 saturated carbocycles. The molecular formula is C36H20Br2. The average molecular weight is 612 g/mol. The first-order chi connectivity index (χ1) is 18.7. The molecule has 0 radical (unpaired) electrons. The van der Waals surface area contributed by atoms with Gasteiger partial charge in [0.1, 0.15) is 0 Å². The highest BCUT2D eigenvalue weighted by atomic mass is 79.9. The summed E-state index contributed by atoms with van der Waals surface area (Å²) in [5.74, 6) is 0. The van der Waals surface area contributed by atoms with Crippen molar-refractivity contribution in [3.05, 3.63) is 130 Å². The first-order valence-electron chi connectivity index (χ1n) is 12.8. The Labute approximate surface area is 236 Å². The quantitative estimate of drug-likeness (QED) is 0.128. The second kappa shape index (κ2) is 8.39. The fourth-order valence-electron chi connectivity index (χ4n) is 6.25. The van der Waals surface area contributed by atoms with Gasteiger partial charge >= 0.3 is 0 Å². The van der Waals surface area contributed by atoms with E-state index in [0.29, 0.717) is 0 Å². The predicted molar refractivity (Wildman–Crippen MR) is 172 cm³/mol. The molecule has 178 valence electrons. The van der Waals surface area contributed by atoms with Crippen molar-refractivity contribution in [2.24, 2.45) is 0 Å². The third-order valence-electron chi connectivity index (χ3n) is 7.95. The summed E-state index contributed by atoms with van der Waals surface area (Å²) >= 11 is 7.85. The van der Waals surface area contributed by atoms with Gasteiger partial charge in [-0.05, 0) is 120 Å². The minimum absolute atomic E-state index is 1.13. The zero-order valence-corrected chi connectivity index (χ0v) is 23.5. The van der Waals surface area contributed by atoms with Crippen LogP contribution in [-0.2, 0) is 0 Å². The van der Waals surface area contributed by atoms with Gasteiger partial charge in [-0.1, -0.05) is 109 Å². The fraction of sp³-hybridized carbons (Fsp3) is 0. The molecule has 8 aromatic carbocycles. The molecule has 0 amide bonds. The largest absolute Gasteiger partial charge is 0.0616 e. The Bertz CT molecular complexity index is 2260. The van der Waals surface area contributed by atoms with Crippen LogP contribution in [0.2, 0.25) is 0 Å². The number of hydrogen-bond acceptors (Lipinski definition) is 0. The number of fused-ring (bicyclic) bond motifs is 10. The third-order valence-corrected chi connectivity index (χ3v) is 9.66. The lowest BCUT2D eigenvalue weighted by Crippen LogP contribution is -1.89. The maximum absolute atomic E-state index is 3.95. The molecule has 2 heteroatoms. The van der Waals surface area contributed by atoms with Crippen molar-refractivity contribution in [3.63, 3.8) is 0 Å². The van der Waals surface area contributed by atoms with Crippen molar-refractivity contribution in [2.45, 2.75) is 0 Å². The molecule has 0 unspecified atom stereocenters. The summed E-state index contributed by atoms with van der Waals surface area (Å²) in [6, 6.07) is 44.3. The van der Waals surface area contributed by atoms with Gasteiger partial charge in [0.2, 0.25) is 0 Å². The second-order valence-corrected chi connectivity index (χ2v) is 11.5. The fourth-order valence-corrected chi connectivity index (χ4v) is 7.61. The van der Waals surface area contributed by atoms with Crippen molar-refractivity contribution < 1.29 is 0 Å². The van der Waals surface area contributed by atoms with E-state index in [2.05, 4.69) is 153 Å². The van der Waals surface area contributed by atoms with Gasteiger partial charge in [0, 0.05) is 8.95 Å². The SMILES string of the molecule is Brc1c2ccccc2c(Br)c2cc(-c3cc4c5ccccc5c5ccccc5c4c4ccccc34)ccc12. The highest BCUT2D eigenvalue weighted by molar-refractivity contribution is 9.11. The van der Waals surface area contributed by atoms with Crippen molar-refractivity contribution in [2.75, 3.05) is 0 Å². The van der Waals surface area contributed by atoms with E-state index < -0.39 is 0 Å². The molecule has 0 aliphatic carbocycles. The number of benzene rings is 8. The van der Waals surface area contributed by atoms with E-state index >= 15 is 0 Å². The monoisotopic (exact) mass is 610 g/mol. The molecule has 0 nitrogen and oxygen atoms in total. The summed E-state index contributed by atoms with van der Waals surface area (Å²) in [4.78, 5) is 0. The van der Waals surface area contributed by atoms with Crippen molar-refractivity contribution in [1.29, 1.82) is 0 Å². The maximum Gasteiger partial charge on any atom is 0.0333 e. The lowest BCUT2D eigenvalue weighted by molar-refractivity contribution is 1.69. The van der Waals surface area contributed by atoms with Crippen LogP contribution in [0.15, 0.2) is 130 Å². The Morgan fingerprint density at radius 3 is 1.37 bits per heavy atom. The summed E-state index contributed by atoms with van der Waals surface area (Å²) in [5.41, 5.74) is 2.47. The number of hydrogen-bond donors (Lipinski definition) is 0. The van der Waals surface area contributed by atoms with Crippen molar-refractivity contribution >= 4 is 96.5 Å². The normalized spacial score (nSPS) is 11.9. The minimum Gasteiger partial charge on any atom is -0.0616 e. The summed E-state index contributed by atoms with van der Waals surface area (Å²) in [5, 5.41) is 15.2. The molecule has 0 aliphatic heterocycles. The van der Waals surface area contributed by atoms with E-state index in [1.54, 1.807) is 0 Å². The topological polar surface area (TPSA) is 0 Å². The Hall–Kier alpha value is -3.72. The van der Waals surface area contributed by atoms with Gasteiger partial charge in [0.05, 0.1) is 0 Å². The van der Waals surface area contributed by atoms with E-state index in [1.807, 2.05) is 0 Å². The van der Waals surface area contributed by atoms with Crippen LogP contribution in [0, 0.1) is 0 Å². The zero-order valence-electron chi connectivity index (χ0n) is 20.3. The molecule has 0 aromatic heterocycles. The van der Waals surface area contributed by atoms with Crippen LogP contribution in [0.5, 0.6) is 0 Å². The molecule has 0 N–H and O–H groups in total. The molecule has 8 rings (SSSR count). The minimum atomic E-state index is 1.13. The van der Waals surface area contributed by atoms with Gasteiger partial charge in [0.15, 0.2) is 0 Å². The Balaban J connectivity index is 1.54. The Morgan fingerprint density at radius 2 is 0.737 bits per heavy atom. The maximum atomic E-state index is 3.95. The highest BCUT2D eigenvalue weighted by Crippen LogP contribution is 2.45. The van der Waals surface area contributed by atoms with Crippen LogP contribution in [0.1, 0.15) is 0 Å². The first kappa shape index (κ1) is 22.3. The van der Waals surface area contributed by atoms with Gasteiger partial charge in [-0.2, -0.15) is 0 Å². The van der Waals surface area contributed by atoms with Gasteiger partial charge in [0.25, 0.3) is 0 Å². The van der Waals surface area contributed by atoms with Crippen LogP contribution in [0.4, 0.5) is 0 Å². The highest BCUT2D eigenvalue weighted by Gasteiger charge is 2.16. The molecule has 0 aliphatic rings. The zero-order chi connectivity index (χ0) is 25.4. The molecule has 0 atom stereocenters. The summed E-state index contributed by atoms with van der Waals surface area (Å²) in [6.07, 6.45) is 0. The Kier molecular flexibility index (Phi) is 4.92. The summed E-state index contributed by atoms with van der Waals surface area (Å²) in [6.45, 7) is 0. The van der Waals surface area contributed by atoms with Crippen LogP contribution in [0.25, 0.3) is 75.8 Å². The second-order valence-electron chi connectivity index (χ2n) is 9.92. The molecule has 0 heterocycles. The molecule has 0 fully saturated rings. The molecule has 38 heavy (non-hydrogen) atoms. The van der Waals surface area contributed by atoms with Gasteiger partial charge in [-0.15, -0.1) is 0 Å². The molecule has 0 saturated heterocycles. The van der Waals surface area contributed by atoms with Crippen LogP contribution >= 0.6 is 31.9 Å². The first-order valence-corrected chi connectivity index (χ1v) is 14.3. The van der Waals surface area contributed by atoms with E-state index in [4.69, 9.17) is 0 Å². The van der Waals surface area contributed by atoms with E-state index in [1.165, 1.54) is 75.8 Å². The molecule has 0 bridgehead atoms. The third kappa shape index (κ3) is 3.08. The van der Waals surface area contributed by atoms with Crippen LogP contribution < -0.4 is 0 Å². The average Bonchev–Trinajstić information content (AvgIpc) is 2.99. The van der Waals surface area contributed by atoms with E-state index in [-0.39, 0.29) is 0 Å². The van der Waals surface area contributed by atoms with Gasteiger partial charge in [-0.25, -0.2) is 0 Å². The van der Waals surface area contributed by atoms with Crippen LogP contribution in [-0.4, -0.2) is 0 Å². The smallest absolute Gasteiger partial charge is 0.0333 e. The van der Waals surface area contributed by atoms with E-state index in [9.17, 15) is 0 Å². The Morgan fingerprint density at radius 1 is 0.316 bits per heavy atom.